The molecule has 0 aromatic rings. The Morgan fingerprint density at radius 2 is 1.69 bits per heavy atom. The summed E-state index contributed by atoms with van der Waals surface area (Å²) in [5, 5.41) is 0. The van der Waals surface area contributed by atoms with Gasteiger partial charge in [0.15, 0.2) is 6.29 Å². The second kappa shape index (κ2) is 9.57. The minimum absolute atomic E-state index is 0.0346. The van der Waals surface area contributed by atoms with Crippen LogP contribution in [0.3, 0.4) is 0 Å². The molecule has 0 rings (SSSR count). The van der Waals surface area contributed by atoms with Crippen molar-refractivity contribution >= 4 is 0 Å². The van der Waals surface area contributed by atoms with E-state index < -0.39 is 0 Å². The van der Waals surface area contributed by atoms with Crippen LogP contribution in [0.2, 0.25) is 0 Å². The highest BCUT2D eigenvalue weighted by atomic mass is 16.7. The molecule has 76 valence electrons. The lowest BCUT2D eigenvalue weighted by Crippen LogP contribution is -2.12. The van der Waals surface area contributed by atoms with Crippen LogP contribution in [0.4, 0.5) is 0 Å². The highest BCUT2D eigenvalue weighted by Crippen LogP contribution is 2.08. The van der Waals surface area contributed by atoms with Gasteiger partial charge in [0.05, 0.1) is 0 Å². The average molecular weight is 184 g/mol. The lowest BCUT2D eigenvalue weighted by Gasteiger charge is -2.12. The molecular formula is C11H20O2. The van der Waals surface area contributed by atoms with Crippen molar-refractivity contribution in [3.63, 3.8) is 0 Å². The van der Waals surface area contributed by atoms with E-state index in [1.54, 1.807) is 14.2 Å². The second-order valence-corrected chi connectivity index (χ2v) is 3.06. The van der Waals surface area contributed by atoms with Crippen molar-refractivity contribution in [1.29, 1.82) is 0 Å². The summed E-state index contributed by atoms with van der Waals surface area (Å²) in [7, 11) is 3.35. The van der Waals surface area contributed by atoms with Gasteiger partial charge in [0.2, 0.25) is 0 Å². The molecule has 13 heavy (non-hydrogen) atoms. The van der Waals surface area contributed by atoms with E-state index in [0.29, 0.717) is 0 Å². The summed E-state index contributed by atoms with van der Waals surface area (Å²) in [6, 6.07) is 0. The van der Waals surface area contributed by atoms with Crippen molar-refractivity contribution in [2.75, 3.05) is 14.2 Å². The van der Waals surface area contributed by atoms with Gasteiger partial charge >= 0.3 is 0 Å². The van der Waals surface area contributed by atoms with E-state index in [-0.39, 0.29) is 6.29 Å². The van der Waals surface area contributed by atoms with Gasteiger partial charge in [-0.15, -0.1) is 12.3 Å². The van der Waals surface area contributed by atoms with Gasteiger partial charge in [-0.3, -0.25) is 0 Å². The first-order chi connectivity index (χ1) is 6.35. The average Bonchev–Trinajstić information content (AvgIpc) is 2.17. The van der Waals surface area contributed by atoms with Crippen LogP contribution in [0.5, 0.6) is 0 Å². The van der Waals surface area contributed by atoms with Gasteiger partial charge in [0, 0.05) is 20.6 Å². The number of unbranched alkanes of at least 4 members (excludes halogenated alkanes) is 4. The first-order valence-corrected chi connectivity index (χ1v) is 4.84. The molecule has 0 spiro atoms. The van der Waals surface area contributed by atoms with Gasteiger partial charge in [-0.2, -0.15) is 0 Å². The molecule has 0 radical (unpaired) electrons. The standard InChI is InChI=1S/C11H20O2/c1-4-5-6-7-8-9-10-11(12-2)13-3/h1,11H,5-10H2,2-3H3. The van der Waals surface area contributed by atoms with Crippen LogP contribution < -0.4 is 0 Å². The highest BCUT2D eigenvalue weighted by Gasteiger charge is 2.02. The van der Waals surface area contributed by atoms with Crippen molar-refractivity contribution in [2.45, 2.75) is 44.8 Å². The fourth-order valence-electron chi connectivity index (χ4n) is 1.22. The minimum atomic E-state index is -0.0346. The summed E-state index contributed by atoms with van der Waals surface area (Å²) in [6.07, 6.45) is 11.7. The van der Waals surface area contributed by atoms with Crippen LogP contribution >= 0.6 is 0 Å². The minimum Gasteiger partial charge on any atom is -0.356 e. The Bertz CT molecular complexity index is 134. The van der Waals surface area contributed by atoms with Crippen molar-refractivity contribution in [2.24, 2.45) is 0 Å². The van der Waals surface area contributed by atoms with Crippen molar-refractivity contribution in [3.8, 4) is 12.3 Å². The van der Waals surface area contributed by atoms with Crippen LogP contribution in [0, 0.1) is 12.3 Å². The SMILES string of the molecule is C#CCCCCCCC(OC)OC. The Morgan fingerprint density at radius 1 is 1.08 bits per heavy atom. The predicted octanol–water partition coefficient (Wildman–Crippen LogP) is 2.58. The quantitative estimate of drug-likeness (QED) is 0.328. The van der Waals surface area contributed by atoms with Gasteiger partial charge < -0.3 is 9.47 Å². The van der Waals surface area contributed by atoms with Crippen molar-refractivity contribution in [3.05, 3.63) is 0 Å². The van der Waals surface area contributed by atoms with Gasteiger partial charge in [0.25, 0.3) is 0 Å². The lowest BCUT2D eigenvalue weighted by atomic mass is 10.1. The molecule has 0 bridgehead atoms. The van der Waals surface area contributed by atoms with Gasteiger partial charge in [-0.25, -0.2) is 0 Å². The monoisotopic (exact) mass is 184 g/mol. The van der Waals surface area contributed by atoms with E-state index in [1.165, 1.54) is 12.8 Å². The summed E-state index contributed by atoms with van der Waals surface area (Å²) in [4.78, 5) is 0. The molecule has 0 aliphatic heterocycles. The van der Waals surface area contributed by atoms with Crippen molar-refractivity contribution < 1.29 is 9.47 Å². The number of rotatable bonds is 8. The normalized spacial score (nSPS) is 10.3. The number of ether oxygens (including phenoxy) is 2. The maximum atomic E-state index is 5.14. The molecule has 0 aromatic heterocycles. The van der Waals surface area contributed by atoms with Gasteiger partial charge in [-0.1, -0.05) is 12.8 Å². The van der Waals surface area contributed by atoms with Gasteiger partial charge in [-0.05, 0) is 19.3 Å². The maximum Gasteiger partial charge on any atom is 0.156 e. The molecule has 0 fully saturated rings. The zero-order valence-electron chi connectivity index (χ0n) is 8.71. The third-order valence-corrected chi connectivity index (χ3v) is 2.04. The molecule has 2 heteroatoms. The Morgan fingerprint density at radius 3 is 2.23 bits per heavy atom. The first kappa shape index (κ1) is 12.5. The van der Waals surface area contributed by atoms with E-state index in [4.69, 9.17) is 15.9 Å². The number of terminal acetylenes is 1. The smallest absolute Gasteiger partial charge is 0.156 e. The summed E-state index contributed by atoms with van der Waals surface area (Å²) < 4.78 is 10.1. The van der Waals surface area contributed by atoms with E-state index in [0.717, 1.165) is 25.7 Å². The zero-order valence-corrected chi connectivity index (χ0v) is 8.71. The maximum absolute atomic E-state index is 5.14. The van der Waals surface area contributed by atoms with Crippen LogP contribution in [0.15, 0.2) is 0 Å². The third-order valence-electron chi connectivity index (χ3n) is 2.04. The second-order valence-electron chi connectivity index (χ2n) is 3.06. The fourth-order valence-corrected chi connectivity index (χ4v) is 1.22. The molecule has 0 saturated carbocycles. The molecule has 0 atom stereocenters. The van der Waals surface area contributed by atoms with Crippen LogP contribution in [0.1, 0.15) is 38.5 Å². The molecule has 0 saturated heterocycles. The highest BCUT2D eigenvalue weighted by molar-refractivity contribution is 4.82. The molecule has 0 aliphatic carbocycles. The van der Waals surface area contributed by atoms with E-state index >= 15 is 0 Å². The molecule has 0 aliphatic rings. The third kappa shape index (κ3) is 7.83. The first-order valence-electron chi connectivity index (χ1n) is 4.84. The Balaban J connectivity index is 3.11. The molecular weight excluding hydrogens is 164 g/mol. The fraction of sp³-hybridized carbons (Fsp3) is 0.818. The largest absolute Gasteiger partial charge is 0.356 e. The Hall–Kier alpha value is -0.520. The van der Waals surface area contributed by atoms with Crippen LogP contribution in [-0.2, 0) is 9.47 Å². The Kier molecular flexibility index (Phi) is 9.18. The van der Waals surface area contributed by atoms with Gasteiger partial charge in [0.1, 0.15) is 0 Å². The van der Waals surface area contributed by atoms with E-state index in [1.807, 2.05) is 0 Å². The number of hydrogen-bond acceptors (Lipinski definition) is 2. The van der Waals surface area contributed by atoms with Crippen LogP contribution in [-0.4, -0.2) is 20.5 Å². The van der Waals surface area contributed by atoms with Crippen LogP contribution in [0.25, 0.3) is 0 Å². The predicted molar refractivity (Wildman–Crippen MR) is 54.3 cm³/mol. The molecule has 0 heterocycles. The molecule has 0 aromatic carbocycles. The summed E-state index contributed by atoms with van der Waals surface area (Å²) in [5.74, 6) is 2.64. The molecule has 0 amide bonds. The molecule has 0 N–H and O–H groups in total. The summed E-state index contributed by atoms with van der Waals surface area (Å²) >= 11 is 0. The zero-order chi connectivity index (χ0) is 9.94. The van der Waals surface area contributed by atoms with E-state index in [9.17, 15) is 0 Å². The number of hydrogen-bond donors (Lipinski definition) is 0. The summed E-state index contributed by atoms with van der Waals surface area (Å²) in [6.45, 7) is 0. The Labute approximate surface area is 81.6 Å². The van der Waals surface area contributed by atoms with Crippen molar-refractivity contribution in [1.82, 2.24) is 0 Å². The van der Waals surface area contributed by atoms with E-state index in [2.05, 4.69) is 5.92 Å². The lowest BCUT2D eigenvalue weighted by molar-refractivity contribution is -0.107. The summed E-state index contributed by atoms with van der Waals surface area (Å²) in [5.41, 5.74) is 0. The topological polar surface area (TPSA) is 18.5 Å². The molecule has 2 nitrogen and oxygen atoms in total. The number of methoxy groups -OCH3 is 2. The molecule has 0 unspecified atom stereocenters.